The maximum atomic E-state index is 13.0. The van der Waals surface area contributed by atoms with E-state index in [1.807, 2.05) is 37.5 Å². The van der Waals surface area contributed by atoms with E-state index < -0.39 is 5.60 Å². The fraction of sp³-hybridized carbons (Fsp3) is 0.731. The van der Waals surface area contributed by atoms with E-state index in [1.165, 1.54) is 0 Å². The minimum Gasteiger partial charge on any atom is -0.472 e. The highest BCUT2D eigenvalue weighted by atomic mass is 16.6. The zero-order valence-corrected chi connectivity index (χ0v) is 22.1. The number of likely N-dealkylation sites (tertiary alicyclic amines) is 1. The Kier molecular flexibility index (Phi) is 5.89. The average Bonchev–Trinajstić information content (AvgIpc) is 3.11. The van der Waals surface area contributed by atoms with Gasteiger partial charge in [-0.2, -0.15) is 14.6 Å². The lowest BCUT2D eigenvalue weighted by molar-refractivity contribution is -0.0295. The molecule has 1 aliphatic carbocycles. The van der Waals surface area contributed by atoms with Crippen LogP contribution < -0.4 is 15.4 Å². The van der Waals surface area contributed by atoms with Gasteiger partial charge in [0.15, 0.2) is 5.65 Å². The van der Waals surface area contributed by atoms with E-state index in [0.29, 0.717) is 36.2 Å². The standard InChI is InChI=1S/C26H40N6O3/c1-15(2)17-13-28-32-20(29-22-18-11-27-12-19(18)22)10-21(30-23(17)32)34-16-8-9-26(6,7)31(14-16)24(33)35-25(3,4)5/h10,13,15-16,18-19,22,27,29H,8-9,11-12,14H2,1-7H3/t16-,18?,19?,22?/m1/s1. The number of nitrogens with one attached hydrogen (secondary N) is 2. The molecule has 9 nitrogen and oxygen atoms in total. The molecule has 35 heavy (non-hydrogen) atoms. The van der Waals surface area contributed by atoms with Crippen LogP contribution in [0.15, 0.2) is 12.3 Å². The summed E-state index contributed by atoms with van der Waals surface area (Å²) in [6.07, 6.45) is 3.12. The molecule has 3 fully saturated rings. The lowest BCUT2D eigenvalue weighted by atomic mass is 9.89. The first-order valence-corrected chi connectivity index (χ1v) is 13.0. The van der Waals surface area contributed by atoms with Crippen LogP contribution in [0.1, 0.15) is 72.8 Å². The number of amides is 1. The Morgan fingerprint density at radius 1 is 1.26 bits per heavy atom. The van der Waals surface area contributed by atoms with Crippen molar-refractivity contribution < 1.29 is 14.3 Å². The number of anilines is 1. The van der Waals surface area contributed by atoms with Crippen LogP contribution in [0.25, 0.3) is 5.65 Å². The third kappa shape index (κ3) is 4.79. The van der Waals surface area contributed by atoms with Gasteiger partial charge < -0.3 is 20.1 Å². The van der Waals surface area contributed by atoms with E-state index in [1.54, 1.807) is 4.90 Å². The molecule has 2 N–H and O–H groups in total. The summed E-state index contributed by atoms with van der Waals surface area (Å²) < 4.78 is 14.1. The molecule has 0 bridgehead atoms. The van der Waals surface area contributed by atoms with E-state index in [0.717, 1.165) is 43.0 Å². The number of hydrogen-bond acceptors (Lipinski definition) is 7. The molecule has 2 unspecified atom stereocenters. The predicted octanol–water partition coefficient (Wildman–Crippen LogP) is 4.04. The largest absolute Gasteiger partial charge is 0.472 e. The zero-order chi connectivity index (χ0) is 25.1. The van der Waals surface area contributed by atoms with Crippen molar-refractivity contribution in [3.8, 4) is 5.88 Å². The van der Waals surface area contributed by atoms with E-state index in [9.17, 15) is 4.79 Å². The van der Waals surface area contributed by atoms with Gasteiger partial charge in [0.2, 0.25) is 5.88 Å². The molecule has 9 heteroatoms. The van der Waals surface area contributed by atoms with Crippen molar-refractivity contribution in [3.05, 3.63) is 17.8 Å². The number of aromatic nitrogens is 3. The number of ether oxygens (including phenoxy) is 2. The van der Waals surface area contributed by atoms with E-state index >= 15 is 0 Å². The number of carbonyl (C=O) groups is 1. The molecule has 3 aliphatic rings. The molecule has 192 valence electrons. The third-order valence-electron chi connectivity index (χ3n) is 7.60. The Bertz CT molecular complexity index is 1090. The first-order chi connectivity index (χ1) is 16.4. The summed E-state index contributed by atoms with van der Waals surface area (Å²) >= 11 is 0. The first kappa shape index (κ1) is 24.2. The van der Waals surface area contributed by atoms with Gasteiger partial charge in [0.1, 0.15) is 17.5 Å². The van der Waals surface area contributed by atoms with E-state index in [2.05, 4.69) is 43.4 Å². The molecule has 5 rings (SSSR count). The van der Waals surface area contributed by atoms with Crippen molar-refractivity contribution >= 4 is 17.6 Å². The van der Waals surface area contributed by atoms with Gasteiger partial charge in [0.25, 0.3) is 0 Å². The van der Waals surface area contributed by atoms with Crippen molar-refractivity contribution in [1.29, 1.82) is 0 Å². The number of fused-ring (bicyclic) bond motifs is 2. The Hall–Kier alpha value is -2.55. The monoisotopic (exact) mass is 484 g/mol. The smallest absolute Gasteiger partial charge is 0.410 e. The molecule has 0 aromatic carbocycles. The second-order valence-corrected chi connectivity index (χ2v) is 12.3. The van der Waals surface area contributed by atoms with Crippen LogP contribution in [0.2, 0.25) is 0 Å². The maximum Gasteiger partial charge on any atom is 0.410 e. The Morgan fingerprint density at radius 2 is 1.97 bits per heavy atom. The van der Waals surface area contributed by atoms with Gasteiger partial charge in [-0.25, -0.2) is 4.79 Å². The van der Waals surface area contributed by atoms with Crippen LogP contribution in [-0.2, 0) is 4.74 Å². The van der Waals surface area contributed by atoms with Gasteiger partial charge in [0, 0.05) is 36.3 Å². The van der Waals surface area contributed by atoms with E-state index in [4.69, 9.17) is 14.5 Å². The van der Waals surface area contributed by atoms with Crippen molar-refractivity contribution in [2.24, 2.45) is 11.8 Å². The number of piperidine rings is 2. The quantitative estimate of drug-likeness (QED) is 0.662. The normalized spacial score (nSPS) is 27.7. The fourth-order valence-corrected chi connectivity index (χ4v) is 5.43. The van der Waals surface area contributed by atoms with Crippen LogP contribution in [-0.4, -0.2) is 68.5 Å². The third-order valence-corrected chi connectivity index (χ3v) is 7.60. The number of nitrogens with zero attached hydrogens (tertiary/aromatic N) is 4. The minimum absolute atomic E-state index is 0.159. The number of carbonyl (C=O) groups excluding carboxylic acids is 1. The molecule has 4 heterocycles. The first-order valence-electron chi connectivity index (χ1n) is 13.0. The highest BCUT2D eigenvalue weighted by Gasteiger charge is 2.53. The van der Waals surface area contributed by atoms with Gasteiger partial charge in [-0.05, 0) is 65.2 Å². The zero-order valence-electron chi connectivity index (χ0n) is 22.1. The molecule has 2 saturated heterocycles. The van der Waals surface area contributed by atoms with Crippen molar-refractivity contribution in [3.63, 3.8) is 0 Å². The van der Waals surface area contributed by atoms with Crippen LogP contribution in [0, 0.1) is 11.8 Å². The molecule has 2 aliphatic heterocycles. The lowest BCUT2D eigenvalue weighted by Gasteiger charge is -2.45. The molecule has 0 radical (unpaired) electrons. The summed E-state index contributed by atoms with van der Waals surface area (Å²) in [7, 11) is 0. The molecular weight excluding hydrogens is 444 g/mol. The Balaban J connectivity index is 1.39. The molecule has 1 saturated carbocycles. The van der Waals surface area contributed by atoms with Crippen LogP contribution in [0.4, 0.5) is 10.6 Å². The van der Waals surface area contributed by atoms with Crippen molar-refractivity contribution in [2.75, 3.05) is 25.0 Å². The number of rotatable bonds is 5. The summed E-state index contributed by atoms with van der Waals surface area (Å²) in [5, 5.41) is 11.8. The second-order valence-electron chi connectivity index (χ2n) is 12.3. The topological polar surface area (TPSA) is 93.0 Å². The van der Waals surface area contributed by atoms with Crippen LogP contribution in [0.5, 0.6) is 5.88 Å². The Labute approximate surface area is 207 Å². The maximum absolute atomic E-state index is 13.0. The average molecular weight is 485 g/mol. The SMILES string of the molecule is CC(C)c1cnn2c(NC3C4CNCC43)cc(O[C@@H]3CCC(C)(C)N(C(=O)OC(C)(C)C)C3)nc12. The molecule has 2 aromatic rings. The summed E-state index contributed by atoms with van der Waals surface area (Å²) in [6, 6.07) is 2.42. The Morgan fingerprint density at radius 3 is 2.63 bits per heavy atom. The summed E-state index contributed by atoms with van der Waals surface area (Å²) in [6.45, 7) is 16.7. The van der Waals surface area contributed by atoms with Crippen molar-refractivity contribution in [2.45, 2.75) is 90.5 Å². The van der Waals surface area contributed by atoms with Gasteiger partial charge in [-0.15, -0.1) is 0 Å². The molecule has 2 aromatic heterocycles. The highest BCUT2D eigenvalue weighted by molar-refractivity contribution is 5.69. The van der Waals surface area contributed by atoms with Gasteiger partial charge >= 0.3 is 6.09 Å². The van der Waals surface area contributed by atoms with Crippen LogP contribution in [0.3, 0.4) is 0 Å². The second kappa shape index (κ2) is 8.54. The summed E-state index contributed by atoms with van der Waals surface area (Å²) in [5.41, 5.74) is 1.08. The van der Waals surface area contributed by atoms with Crippen LogP contribution >= 0.6 is 0 Å². The lowest BCUT2D eigenvalue weighted by Crippen LogP contribution is -2.56. The van der Waals surface area contributed by atoms with Gasteiger partial charge in [0.05, 0.1) is 12.7 Å². The molecular formula is C26H40N6O3. The minimum atomic E-state index is -0.542. The fourth-order valence-electron chi connectivity index (χ4n) is 5.43. The number of hydrogen-bond donors (Lipinski definition) is 2. The summed E-state index contributed by atoms with van der Waals surface area (Å²) in [4.78, 5) is 19.6. The highest BCUT2D eigenvalue weighted by Crippen LogP contribution is 2.44. The molecule has 1 amide bonds. The molecule has 3 atom stereocenters. The van der Waals surface area contributed by atoms with Gasteiger partial charge in [-0.3, -0.25) is 4.90 Å². The molecule has 0 spiro atoms. The van der Waals surface area contributed by atoms with Gasteiger partial charge in [-0.1, -0.05) is 13.8 Å². The van der Waals surface area contributed by atoms with E-state index in [-0.39, 0.29) is 17.7 Å². The van der Waals surface area contributed by atoms with Crippen molar-refractivity contribution in [1.82, 2.24) is 24.8 Å². The summed E-state index contributed by atoms with van der Waals surface area (Å²) in [5.74, 6) is 3.12. The predicted molar refractivity (Wildman–Crippen MR) is 135 cm³/mol.